The molecule has 125 heavy (non-hydrogen) atoms. The number of rotatable bonds is 46. The first-order chi connectivity index (χ1) is 58.6. The Morgan fingerprint density at radius 3 is 0.984 bits per heavy atom. The minimum atomic E-state index is -1.32. The van der Waals surface area contributed by atoms with E-state index in [-0.39, 0.29) is 106 Å². The van der Waals surface area contributed by atoms with Crippen LogP contribution in [0.3, 0.4) is 0 Å². The molecule has 4 saturated heterocycles. The van der Waals surface area contributed by atoms with Crippen LogP contribution in [0.2, 0.25) is 0 Å². The largest absolute Gasteiger partial charge is 0.481 e. The highest BCUT2D eigenvalue weighted by Gasteiger charge is 2.53. The molecule has 38 nitrogen and oxygen atoms in total. The van der Waals surface area contributed by atoms with Gasteiger partial charge in [-0.25, -0.2) is 0 Å². The summed E-state index contributed by atoms with van der Waals surface area (Å²) < 4.78 is -0.279. The monoisotopic (exact) mass is 1840 g/mol. The van der Waals surface area contributed by atoms with E-state index < -0.39 is 175 Å². The first kappa shape index (κ1) is 112. The van der Waals surface area contributed by atoms with Gasteiger partial charge < -0.3 is 94.0 Å². The van der Waals surface area contributed by atoms with Gasteiger partial charge in [0.1, 0.15) is 48.3 Å². The number of carboxylic acids is 4. The predicted octanol–water partition coefficient (Wildman–Crippen LogP) is 2.82. The summed E-state index contributed by atoms with van der Waals surface area (Å²) in [6.07, 6.45) is 8.92. The van der Waals surface area contributed by atoms with Crippen LogP contribution in [0, 0.1) is 23.7 Å². The summed E-state index contributed by atoms with van der Waals surface area (Å²) in [5.74, 6) is -9.68. The van der Waals surface area contributed by atoms with Gasteiger partial charge in [0, 0.05) is 127 Å². The van der Waals surface area contributed by atoms with Gasteiger partial charge in [-0.1, -0.05) is 99.6 Å². The standard InChI is InChI=1S/C25H42N4O8.C22H38N4O8.2C18H27N3O4S2/c1-14(2)22(25(37)26-15(3)17-8-6-5-7-9-17)29-24(36)19(11-13-21(33)34)28-23(35)18(27-16(4)30)10-12-20(31)32;1-11(2)13(5)23-22(34)19(12(3)4)26-21(33)16(8-10-18(30)31)25-20(32)15(24-14(6)27)7-9-17(28)29;2*1-4-6-13(15(23)17(25)19-7-5-2)20-16(24)14-10-18(26-8-9-27-18)11-21(14)12(3)22/h14-15,17-19,22H,5-13H2,1-4H3,(H,26,37)(H,27,30)(H,28,35)(H,29,36)(H,31,32)(H,33,34);11-13,15-16,19H,7-10H2,1-6H3,(H,23,34)(H,24,27)(H,25,32)(H,26,33)(H,28,29)(H,30,31);2*5,13-14H,2,4,6-11H2,1,3H3,(H,19,25)(H,20,24)/t;;2*13?,14-/m..00/s1. The molecule has 14 amide bonds. The van der Waals surface area contributed by atoms with E-state index in [1.165, 1.54) is 32.4 Å². The van der Waals surface area contributed by atoms with Gasteiger partial charge in [0.25, 0.3) is 11.8 Å². The Kier molecular flexibility index (Phi) is 50.7. The lowest BCUT2D eigenvalue weighted by atomic mass is 9.84. The molecule has 4 aliphatic heterocycles. The van der Waals surface area contributed by atoms with E-state index in [4.69, 9.17) is 20.4 Å². The fraction of sp³-hybridized carbons (Fsp3) is 0.711. The molecule has 0 radical (unpaired) electrons. The molecule has 4 heterocycles. The van der Waals surface area contributed by atoms with E-state index >= 15 is 0 Å². The molecule has 42 heteroatoms. The maximum Gasteiger partial charge on any atom is 0.303 e. The number of nitrogens with zero attached hydrogens (tertiary/aromatic N) is 2. The van der Waals surface area contributed by atoms with Gasteiger partial charge in [-0.15, -0.1) is 60.2 Å². The van der Waals surface area contributed by atoms with Crippen molar-refractivity contribution >= 4 is 165 Å². The minimum absolute atomic E-state index is 0.0684. The molecule has 1 aliphatic carbocycles. The number of hydrogen-bond acceptors (Lipinski definition) is 24. The third-order valence-corrected chi connectivity index (χ3v) is 28.0. The number of carboxylic acid groups (broad SMARTS) is 4. The average molecular weight is 1840 g/mol. The minimum Gasteiger partial charge on any atom is -0.481 e. The van der Waals surface area contributed by atoms with Crippen LogP contribution in [0.25, 0.3) is 0 Å². The summed E-state index contributed by atoms with van der Waals surface area (Å²) in [6.45, 7) is 32.1. The molecule has 1 saturated carbocycles. The number of carbonyl (C=O) groups is 20. The summed E-state index contributed by atoms with van der Waals surface area (Å²) >= 11 is 7.17. The summed E-state index contributed by atoms with van der Waals surface area (Å²) in [5, 5.41) is 66.8. The molecule has 5 fully saturated rings. The number of amides is 14. The maximum absolute atomic E-state index is 13.1. The van der Waals surface area contributed by atoms with Crippen LogP contribution in [0.4, 0.5) is 0 Å². The number of Topliss-reactive ketones (excluding diaryl/α,β-unsaturated/α-hetero) is 2. The number of aliphatic carboxylic acids is 4. The van der Waals surface area contributed by atoms with Crippen molar-refractivity contribution in [3.8, 4) is 0 Å². The summed E-state index contributed by atoms with van der Waals surface area (Å²) in [7, 11) is 0. The van der Waals surface area contributed by atoms with Crippen LogP contribution >= 0.6 is 47.0 Å². The lowest BCUT2D eigenvalue weighted by molar-refractivity contribution is -0.141. The lowest BCUT2D eigenvalue weighted by Crippen LogP contribution is -2.58. The van der Waals surface area contributed by atoms with E-state index in [2.05, 4.69) is 77.0 Å². The normalized spacial score (nSPS) is 18.4. The molecule has 704 valence electrons. The molecule has 10 unspecified atom stereocenters. The molecule has 12 atom stereocenters. The molecule has 0 aromatic heterocycles. The Morgan fingerprint density at radius 1 is 0.392 bits per heavy atom. The quantitative estimate of drug-likeness (QED) is 0.0308. The second-order valence-electron chi connectivity index (χ2n) is 32.4. The number of likely N-dealkylation sites (tertiary alicyclic amines) is 2. The topological polar surface area (TPSA) is 573 Å². The van der Waals surface area contributed by atoms with Gasteiger partial charge in [0.2, 0.25) is 82.5 Å². The number of carbonyl (C=O) groups excluding carboxylic acids is 16. The molecule has 0 aromatic rings. The van der Waals surface area contributed by atoms with E-state index in [1.807, 2.05) is 41.5 Å². The van der Waals surface area contributed by atoms with Crippen molar-refractivity contribution < 1.29 is 116 Å². The molecule has 5 rings (SSSR count). The van der Waals surface area contributed by atoms with Crippen molar-refractivity contribution in [2.24, 2.45) is 23.7 Å². The van der Waals surface area contributed by atoms with Gasteiger partial charge in [0.05, 0.1) is 20.2 Å². The lowest BCUT2D eigenvalue weighted by Gasteiger charge is -2.31. The van der Waals surface area contributed by atoms with Gasteiger partial charge in [-0.2, -0.15) is 0 Å². The first-order valence-electron chi connectivity index (χ1n) is 42.4. The first-order valence-corrected chi connectivity index (χ1v) is 46.4. The van der Waals surface area contributed by atoms with Crippen LogP contribution in [-0.2, 0) is 95.9 Å². The zero-order valence-electron chi connectivity index (χ0n) is 74.4. The Hall–Kier alpha value is -9.32. The third kappa shape index (κ3) is 40.0. The predicted molar refractivity (Wildman–Crippen MR) is 474 cm³/mol. The number of nitrogens with one attached hydrogen (secondary N) is 12. The molecule has 0 bridgehead atoms. The van der Waals surface area contributed by atoms with Crippen molar-refractivity contribution in [2.45, 2.75) is 300 Å². The molecule has 0 aromatic carbocycles. The van der Waals surface area contributed by atoms with Crippen LogP contribution in [0.1, 0.15) is 219 Å². The van der Waals surface area contributed by atoms with E-state index in [9.17, 15) is 95.9 Å². The highest BCUT2D eigenvalue weighted by atomic mass is 32.2. The summed E-state index contributed by atoms with van der Waals surface area (Å²) in [4.78, 5) is 246. The number of ketones is 2. The number of hydrogen-bond donors (Lipinski definition) is 16. The summed E-state index contributed by atoms with van der Waals surface area (Å²) in [5.41, 5.74) is 0. The van der Waals surface area contributed by atoms with Gasteiger partial charge in [-0.05, 0) is 88.9 Å². The molecular formula is C83H134N14O24S4. The van der Waals surface area contributed by atoms with Crippen molar-refractivity contribution in [1.29, 1.82) is 0 Å². The van der Waals surface area contributed by atoms with Crippen molar-refractivity contribution in [3.63, 3.8) is 0 Å². The van der Waals surface area contributed by atoms with Crippen molar-refractivity contribution in [2.75, 3.05) is 49.2 Å². The van der Waals surface area contributed by atoms with E-state index in [0.29, 0.717) is 57.5 Å². The van der Waals surface area contributed by atoms with Gasteiger partial charge >= 0.3 is 23.9 Å². The fourth-order valence-electron chi connectivity index (χ4n) is 14.0. The maximum atomic E-state index is 13.1. The van der Waals surface area contributed by atoms with Crippen LogP contribution in [0.15, 0.2) is 25.3 Å². The van der Waals surface area contributed by atoms with E-state index in [1.54, 1.807) is 84.5 Å². The average Bonchev–Trinajstić information content (AvgIpc) is 1.63. The van der Waals surface area contributed by atoms with E-state index in [0.717, 1.165) is 62.5 Å². The Balaban J connectivity index is 0.000000569. The smallest absolute Gasteiger partial charge is 0.303 e. The van der Waals surface area contributed by atoms with Gasteiger partial charge in [0.15, 0.2) is 0 Å². The Morgan fingerprint density at radius 2 is 0.704 bits per heavy atom. The fourth-order valence-corrected chi connectivity index (χ4v) is 20.5. The second-order valence-corrected chi connectivity index (χ2v) is 38.9. The molecule has 2 spiro atoms. The van der Waals surface area contributed by atoms with Crippen LogP contribution in [0.5, 0.6) is 0 Å². The summed E-state index contributed by atoms with van der Waals surface area (Å²) in [6, 6.07) is -10.1. The molecule has 5 aliphatic rings. The highest BCUT2D eigenvalue weighted by molar-refractivity contribution is 8.21. The number of thioether (sulfide) groups is 4. The SMILES string of the molecule is C=CCNC(=O)C(=O)C(CCC)NC(=O)[C@@H]1CC2(CN1C(C)=O)SCCS2.C=CCNC(=O)C(=O)C(CCC)NC(=O)[C@@H]1CC2(CN1C(C)=O)SCCS2.CC(=O)NC(CCC(=O)O)C(=O)NC(CCC(=O)O)C(=O)NC(C(=O)NC(C)C(C)C)C(C)C.CC(=O)NC(CCC(=O)O)C(=O)NC(CCC(=O)O)C(=O)NC(C(=O)NC(C)C1CCCCC1)C(C)C. The van der Waals surface area contributed by atoms with Crippen molar-refractivity contribution in [3.05, 3.63) is 25.3 Å². The van der Waals surface area contributed by atoms with Gasteiger partial charge in [-0.3, -0.25) is 95.9 Å². The molecule has 16 N–H and O–H groups in total. The zero-order valence-corrected chi connectivity index (χ0v) is 77.6. The Bertz CT molecular complexity index is 3650. The van der Waals surface area contributed by atoms with Crippen molar-refractivity contribution in [1.82, 2.24) is 73.6 Å². The highest BCUT2D eigenvalue weighted by Crippen LogP contribution is 2.53. The van der Waals surface area contributed by atoms with Crippen LogP contribution < -0.4 is 63.8 Å². The molecular weight excluding hydrogens is 1710 g/mol. The zero-order chi connectivity index (χ0) is 94.8. The van der Waals surface area contributed by atoms with Crippen LogP contribution in [-0.4, -0.2) is 278 Å². The second kappa shape index (κ2) is 56.7. The Labute approximate surface area is 748 Å². The third-order valence-electron chi connectivity index (χ3n) is 21.1.